The first-order chi connectivity index (χ1) is 14.2. The van der Waals surface area contributed by atoms with E-state index in [9.17, 15) is 4.79 Å². The van der Waals surface area contributed by atoms with Gasteiger partial charge in [0.2, 0.25) is 0 Å². The van der Waals surface area contributed by atoms with Crippen molar-refractivity contribution in [1.29, 1.82) is 0 Å². The Morgan fingerprint density at radius 3 is 2.66 bits per heavy atom. The second-order valence-corrected chi connectivity index (χ2v) is 7.03. The van der Waals surface area contributed by atoms with Crippen LogP contribution in [0.3, 0.4) is 0 Å². The Kier molecular flexibility index (Phi) is 5.42. The summed E-state index contributed by atoms with van der Waals surface area (Å²) < 4.78 is 9.44. The third-order valence-electron chi connectivity index (χ3n) is 4.93. The molecular weight excluding hydrogens is 364 g/mol. The van der Waals surface area contributed by atoms with Gasteiger partial charge in [-0.05, 0) is 38.5 Å². The molecular formula is C23H24N4O2. The normalized spacial score (nSPS) is 11.1. The molecule has 148 valence electrons. The number of ether oxygens (including phenoxy) is 1. The van der Waals surface area contributed by atoms with E-state index in [1.807, 2.05) is 30.7 Å². The summed E-state index contributed by atoms with van der Waals surface area (Å²) in [5.74, 6) is 0.590. The average molecular weight is 388 g/mol. The summed E-state index contributed by atoms with van der Waals surface area (Å²) in [5, 5.41) is 0. The lowest BCUT2D eigenvalue weighted by molar-refractivity contribution is 0.0526. The first-order valence-electron chi connectivity index (χ1n) is 9.86. The average Bonchev–Trinajstić information content (AvgIpc) is 3.36. The van der Waals surface area contributed by atoms with Gasteiger partial charge in [0.15, 0.2) is 0 Å². The molecule has 0 bridgehead atoms. The summed E-state index contributed by atoms with van der Waals surface area (Å²) in [6.45, 7) is 5.93. The van der Waals surface area contributed by atoms with Gasteiger partial charge in [-0.2, -0.15) is 0 Å². The molecule has 0 spiro atoms. The standard InChI is InChI=1S/C23H24N4O2/c1-3-29-23(28)19-9-10-21-20(15-19)25-22(18-7-5-17(2)6-8-18)27(21)13-4-12-26-14-11-24-16-26/h5-11,14-16H,3-4,12-13H2,1-2H3. The minimum Gasteiger partial charge on any atom is -0.462 e. The van der Waals surface area contributed by atoms with Crippen LogP contribution >= 0.6 is 0 Å². The number of rotatable bonds is 7. The van der Waals surface area contributed by atoms with Crippen LogP contribution in [0.4, 0.5) is 0 Å². The van der Waals surface area contributed by atoms with Crippen LogP contribution in [0, 0.1) is 6.92 Å². The van der Waals surface area contributed by atoms with Crippen LogP contribution in [-0.2, 0) is 17.8 Å². The molecule has 0 saturated carbocycles. The van der Waals surface area contributed by atoms with Crippen molar-refractivity contribution in [3.8, 4) is 11.4 Å². The smallest absolute Gasteiger partial charge is 0.338 e. The SMILES string of the molecule is CCOC(=O)c1ccc2c(c1)nc(-c1ccc(C)cc1)n2CCCn1ccnc1. The van der Waals surface area contributed by atoms with Gasteiger partial charge in [-0.25, -0.2) is 14.8 Å². The Balaban J connectivity index is 1.71. The molecule has 6 nitrogen and oxygen atoms in total. The van der Waals surface area contributed by atoms with Gasteiger partial charge in [0.1, 0.15) is 5.82 Å². The van der Waals surface area contributed by atoms with Gasteiger partial charge < -0.3 is 13.9 Å². The number of nitrogens with zero attached hydrogens (tertiary/aromatic N) is 4. The number of fused-ring (bicyclic) bond motifs is 1. The molecule has 0 fully saturated rings. The third-order valence-corrected chi connectivity index (χ3v) is 4.93. The second-order valence-electron chi connectivity index (χ2n) is 7.03. The molecule has 0 saturated heterocycles. The van der Waals surface area contributed by atoms with E-state index < -0.39 is 0 Å². The van der Waals surface area contributed by atoms with Crippen molar-refractivity contribution in [2.24, 2.45) is 0 Å². The highest BCUT2D eigenvalue weighted by Crippen LogP contribution is 2.26. The van der Waals surface area contributed by atoms with Crippen molar-refractivity contribution in [3.05, 3.63) is 72.3 Å². The molecule has 2 aromatic heterocycles. The zero-order chi connectivity index (χ0) is 20.2. The summed E-state index contributed by atoms with van der Waals surface area (Å²) in [5.41, 5.74) is 4.61. The van der Waals surface area contributed by atoms with E-state index >= 15 is 0 Å². The van der Waals surface area contributed by atoms with Crippen LogP contribution in [0.5, 0.6) is 0 Å². The predicted octanol–water partition coefficient (Wildman–Crippen LogP) is 4.48. The first kappa shape index (κ1) is 18.9. The van der Waals surface area contributed by atoms with Crippen molar-refractivity contribution in [2.45, 2.75) is 33.4 Å². The highest BCUT2D eigenvalue weighted by Gasteiger charge is 2.15. The Morgan fingerprint density at radius 2 is 1.93 bits per heavy atom. The zero-order valence-corrected chi connectivity index (χ0v) is 16.7. The van der Waals surface area contributed by atoms with E-state index in [1.165, 1.54) is 5.56 Å². The summed E-state index contributed by atoms with van der Waals surface area (Å²) in [6, 6.07) is 14.0. The molecule has 0 unspecified atom stereocenters. The van der Waals surface area contributed by atoms with E-state index in [1.54, 1.807) is 13.1 Å². The summed E-state index contributed by atoms with van der Waals surface area (Å²) in [7, 11) is 0. The van der Waals surface area contributed by atoms with Crippen LogP contribution in [0.15, 0.2) is 61.2 Å². The maximum absolute atomic E-state index is 12.1. The number of hydrogen-bond donors (Lipinski definition) is 0. The zero-order valence-electron chi connectivity index (χ0n) is 16.7. The van der Waals surface area contributed by atoms with Crippen LogP contribution in [0.25, 0.3) is 22.4 Å². The van der Waals surface area contributed by atoms with Crippen molar-refractivity contribution in [3.63, 3.8) is 0 Å². The highest BCUT2D eigenvalue weighted by molar-refractivity contribution is 5.94. The van der Waals surface area contributed by atoms with E-state index in [4.69, 9.17) is 9.72 Å². The fraction of sp³-hybridized carbons (Fsp3) is 0.261. The van der Waals surface area contributed by atoms with E-state index in [2.05, 4.69) is 45.3 Å². The van der Waals surface area contributed by atoms with Gasteiger partial charge in [-0.3, -0.25) is 0 Å². The van der Waals surface area contributed by atoms with Gasteiger partial charge in [-0.15, -0.1) is 0 Å². The van der Waals surface area contributed by atoms with Crippen molar-refractivity contribution < 1.29 is 9.53 Å². The fourth-order valence-electron chi connectivity index (χ4n) is 3.45. The first-order valence-corrected chi connectivity index (χ1v) is 9.86. The molecule has 2 heterocycles. The van der Waals surface area contributed by atoms with Crippen LogP contribution in [-0.4, -0.2) is 31.7 Å². The van der Waals surface area contributed by atoms with E-state index in [0.717, 1.165) is 41.9 Å². The van der Waals surface area contributed by atoms with Crippen LogP contribution in [0.2, 0.25) is 0 Å². The van der Waals surface area contributed by atoms with Gasteiger partial charge in [0.25, 0.3) is 0 Å². The van der Waals surface area contributed by atoms with Crippen molar-refractivity contribution in [1.82, 2.24) is 19.1 Å². The molecule has 0 amide bonds. The van der Waals surface area contributed by atoms with Crippen LogP contribution < -0.4 is 0 Å². The lowest BCUT2D eigenvalue weighted by Gasteiger charge is -2.10. The molecule has 0 N–H and O–H groups in total. The molecule has 0 aliphatic heterocycles. The number of imidazole rings is 2. The summed E-state index contributed by atoms with van der Waals surface area (Å²) in [6.07, 6.45) is 6.54. The Morgan fingerprint density at radius 1 is 1.10 bits per heavy atom. The van der Waals surface area contributed by atoms with Gasteiger partial charge in [0, 0.05) is 31.0 Å². The molecule has 0 aliphatic rings. The maximum Gasteiger partial charge on any atom is 0.338 e. The fourth-order valence-corrected chi connectivity index (χ4v) is 3.45. The molecule has 4 rings (SSSR count). The minimum absolute atomic E-state index is 0.319. The second kappa shape index (κ2) is 8.31. The van der Waals surface area contributed by atoms with Gasteiger partial charge >= 0.3 is 5.97 Å². The molecule has 2 aromatic carbocycles. The number of carbonyl (C=O) groups excluding carboxylic acids is 1. The monoisotopic (exact) mass is 388 g/mol. The lowest BCUT2D eigenvalue weighted by atomic mass is 10.1. The quantitative estimate of drug-likeness (QED) is 0.438. The minimum atomic E-state index is -0.319. The predicted molar refractivity (Wildman–Crippen MR) is 113 cm³/mol. The van der Waals surface area contributed by atoms with E-state index in [0.29, 0.717) is 12.2 Å². The molecule has 6 heteroatoms. The topological polar surface area (TPSA) is 61.9 Å². The molecule has 0 aliphatic carbocycles. The van der Waals surface area contributed by atoms with Crippen LogP contribution in [0.1, 0.15) is 29.3 Å². The maximum atomic E-state index is 12.1. The number of aromatic nitrogens is 4. The number of hydrogen-bond acceptors (Lipinski definition) is 4. The third kappa shape index (κ3) is 4.06. The Labute approximate surface area is 169 Å². The van der Waals surface area contributed by atoms with Gasteiger partial charge in [-0.1, -0.05) is 29.8 Å². The Bertz CT molecular complexity index is 1110. The van der Waals surface area contributed by atoms with Gasteiger partial charge in [0.05, 0.1) is 29.5 Å². The largest absolute Gasteiger partial charge is 0.462 e. The molecule has 0 radical (unpaired) electrons. The number of aryl methyl sites for hydroxylation is 3. The molecule has 29 heavy (non-hydrogen) atoms. The summed E-state index contributed by atoms with van der Waals surface area (Å²) in [4.78, 5) is 21.1. The number of carbonyl (C=O) groups is 1. The highest BCUT2D eigenvalue weighted by atomic mass is 16.5. The lowest BCUT2D eigenvalue weighted by Crippen LogP contribution is -2.05. The molecule has 4 aromatic rings. The van der Waals surface area contributed by atoms with Crippen molar-refractivity contribution >= 4 is 17.0 Å². The number of esters is 1. The number of benzene rings is 2. The summed E-state index contributed by atoms with van der Waals surface area (Å²) >= 11 is 0. The van der Waals surface area contributed by atoms with E-state index in [-0.39, 0.29) is 5.97 Å². The van der Waals surface area contributed by atoms with Crippen molar-refractivity contribution in [2.75, 3.05) is 6.61 Å². The Hall–Kier alpha value is -3.41. The molecule has 0 atom stereocenters.